The SMILES string of the molecule is CC1CNC2(CCCCC2)CN1C1(C)CCOC1C. The number of nitrogens with one attached hydrogen (secondary N) is 1. The van der Waals surface area contributed by atoms with Crippen LogP contribution in [-0.2, 0) is 4.74 Å². The molecule has 0 aromatic rings. The van der Waals surface area contributed by atoms with E-state index in [2.05, 4.69) is 31.0 Å². The lowest BCUT2D eigenvalue weighted by Gasteiger charge is -2.55. The van der Waals surface area contributed by atoms with Gasteiger partial charge in [0.2, 0.25) is 0 Å². The van der Waals surface area contributed by atoms with Crippen molar-refractivity contribution in [2.45, 2.75) is 82.5 Å². The van der Waals surface area contributed by atoms with E-state index in [1.54, 1.807) is 0 Å². The summed E-state index contributed by atoms with van der Waals surface area (Å²) in [4.78, 5) is 2.77. The summed E-state index contributed by atoms with van der Waals surface area (Å²) in [5, 5.41) is 3.89. The predicted molar refractivity (Wildman–Crippen MR) is 78.4 cm³/mol. The van der Waals surface area contributed by atoms with Crippen molar-refractivity contribution in [2.75, 3.05) is 19.7 Å². The molecule has 3 rings (SSSR count). The highest BCUT2D eigenvalue weighted by molar-refractivity contribution is 5.06. The van der Waals surface area contributed by atoms with E-state index in [4.69, 9.17) is 4.74 Å². The molecule has 1 N–H and O–H groups in total. The summed E-state index contributed by atoms with van der Waals surface area (Å²) >= 11 is 0. The Morgan fingerprint density at radius 2 is 1.84 bits per heavy atom. The van der Waals surface area contributed by atoms with Crippen LogP contribution in [0.2, 0.25) is 0 Å². The summed E-state index contributed by atoms with van der Waals surface area (Å²) in [5.41, 5.74) is 0.641. The van der Waals surface area contributed by atoms with Crippen LogP contribution in [0.5, 0.6) is 0 Å². The maximum Gasteiger partial charge on any atom is 0.0728 e. The molecule has 2 aliphatic heterocycles. The van der Waals surface area contributed by atoms with Crippen LogP contribution in [0, 0.1) is 0 Å². The standard InChI is InChI=1S/C16H30N2O/c1-13-11-17-16(7-5-4-6-8-16)12-18(13)15(3)9-10-19-14(15)2/h13-14,17H,4-12H2,1-3H3. The van der Waals surface area contributed by atoms with Crippen LogP contribution >= 0.6 is 0 Å². The molecular formula is C16H30N2O. The van der Waals surface area contributed by atoms with E-state index in [9.17, 15) is 0 Å². The lowest BCUT2D eigenvalue weighted by Crippen LogP contribution is -2.69. The van der Waals surface area contributed by atoms with E-state index in [0.717, 1.165) is 13.2 Å². The van der Waals surface area contributed by atoms with Gasteiger partial charge in [0.05, 0.1) is 6.10 Å². The Balaban J connectivity index is 1.79. The molecule has 110 valence electrons. The van der Waals surface area contributed by atoms with E-state index in [-0.39, 0.29) is 5.54 Å². The molecule has 3 unspecified atom stereocenters. The van der Waals surface area contributed by atoms with Crippen molar-refractivity contribution in [2.24, 2.45) is 0 Å². The van der Waals surface area contributed by atoms with Gasteiger partial charge in [0.1, 0.15) is 0 Å². The first-order valence-corrected chi connectivity index (χ1v) is 8.19. The molecule has 3 atom stereocenters. The second kappa shape index (κ2) is 5.01. The minimum absolute atomic E-state index is 0.242. The molecule has 1 saturated carbocycles. The molecule has 0 aromatic heterocycles. The number of ether oxygens (including phenoxy) is 1. The number of hydrogen-bond acceptors (Lipinski definition) is 3. The fraction of sp³-hybridized carbons (Fsp3) is 1.00. The lowest BCUT2D eigenvalue weighted by atomic mass is 9.77. The van der Waals surface area contributed by atoms with Gasteiger partial charge in [-0.15, -0.1) is 0 Å². The van der Waals surface area contributed by atoms with Gasteiger partial charge >= 0.3 is 0 Å². The van der Waals surface area contributed by atoms with Gasteiger partial charge in [-0.25, -0.2) is 0 Å². The van der Waals surface area contributed by atoms with Gasteiger partial charge in [0.25, 0.3) is 0 Å². The van der Waals surface area contributed by atoms with Crippen molar-refractivity contribution in [1.29, 1.82) is 0 Å². The summed E-state index contributed by atoms with van der Waals surface area (Å²) in [7, 11) is 0. The van der Waals surface area contributed by atoms with Crippen molar-refractivity contribution in [3.63, 3.8) is 0 Å². The first-order chi connectivity index (χ1) is 9.06. The molecule has 2 saturated heterocycles. The second-order valence-corrected chi connectivity index (χ2v) is 7.32. The average Bonchev–Trinajstić information content (AvgIpc) is 2.75. The summed E-state index contributed by atoms with van der Waals surface area (Å²) in [6.07, 6.45) is 8.51. The Bertz CT molecular complexity index is 327. The first kappa shape index (κ1) is 13.8. The van der Waals surface area contributed by atoms with E-state index in [1.807, 2.05) is 0 Å². The van der Waals surface area contributed by atoms with E-state index in [0.29, 0.717) is 17.7 Å². The fourth-order valence-electron chi connectivity index (χ4n) is 4.46. The molecule has 0 amide bonds. The van der Waals surface area contributed by atoms with Crippen molar-refractivity contribution in [1.82, 2.24) is 10.2 Å². The normalized spacial score (nSPS) is 43.7. The van der Waals surface area contributed by atoms with Crippen LogP contribution in [0.4, 0.5) is 0 Å². The third-order valence-electron chi connectivity index (χ3n) is 6.10. The maximum absolute atomic E-state index is 5.88. The number of piperazine rings is 1. The summed E-state index contributed by atoms with van der Waals surface area (Å²) in [6.45, 7) is 10.3. The number of hydrogen-bond donors (Lipinski definition) is 1. The molecule has 3 fully saturated rings. The van der Waals surface area contributed by atoms with E-state index >= 15 is 0 Å². The quantitative estimate of drug-likeness (QED) is 0.789. The molecule has 2 heterocycles. The Labute approximate surface area is 118 Å². The summed E-state index contributed by atoms with van der Waals surface area (Å²) < 4.78 is 5.88. The Morgan fingerprint density at radius 1 is 1.11 bits per heavy atom. The molecular weight excluding hydrogens is 236 g/mol. The molecule has 3 aliphatic rings. The molecule has 0 bridgehead atoms. The monoisotopic (exact) mass is 266 g/mol. The van der Waals surface area contributed by atoms with Crippen LogP contribution in [0.1, 0.15) is 59.3 Å². The molecule has 0 aromatic carbocycles. The third-order valence-corrected chi connectivity index (χ3v) is 6.10. The second-order valence-electron chi connectivity index (χ2n) is 7.32. The van der Waals surface area contributed by atoms with Crippen molar-refractivity contribution < 1.29 is 4.74 Å². The van der Waals surface area contributed by atoms with Gasteiger partial charge in [0, 0.05) is 36.8 Å². The predicted octanol–water partition coefficient (Wildman–Crippen LogP) is 2.55. The maximum atomic E-state index is 5.88. The van der Waals surface area contributed by atoms with Gasteiger partial charge in [-0.1, -0.05) is 19.3 Å². The Hall–Kier alpha value is -0.120. The highest BCUT2D eigenvalue weighted by atomic mass is 16.5. The van der Waals surface area contributed by atoms with E-state index < -0.39 is 0 Å². The highest BCUT2D eigenvalue weighted by Crippen LogP contribution is 2.39. The van der Waals surface area contributed by atoms with Crippen LogP contribution in [0.15, 0.2) is 0 Å². The first-order valence-electron chi connectivity index (χ1n) is 8.19. The van der Waals surface area contributed by atoms with Crippen molar-refractivity contribution in [3.05, 3.63) is 0 Å². The van der Waals surface area contributed by atoms with Gasteiger partial charge in [-0.05, 0) is 40.0 Å². The Morgan fingerprint density at radius 3 is 2.47 bits per heavy atom. The minimum Gasteiger partial charge on any atom is -0.377 e. The van der Waals surface area contributed by atoms with E-state index in [1.165, 1.54) is 45.1 Å². The molecule has 0 radical (unpaired) electrons. The molecule has 3 nitrogen and oxygen atoms in total. The molecule has 1 aliphatic carbocycles. The van der Waals surface area contributed by atoms with Crippen LogP contribution < -0.4 is 5.32 Å². The summed E-state index contributed by atoms with van der Waals surface area (Å²) in [6, 6.07) is 0.627. The largest absolute Gasteiger partial charge is 0.377 e. The van der Waals surface area contributed by atoms with Gasteiger partial charge in [-0.2, -0.15) is 0 Å². The highest BCUT2D eigenvalue weighted by Gasteiger charge is 2.49. The average molecular weight is 266 g/mol. The molecule has 19 heavy (non-hydrogen) atoms. The molecule has 1 spiro atoms. The zero-order chi connectivity index (χ0) is 13.5. The molecule has 3 heteroatoms. The van der Waals surface area contributed by atoms with Gasteiger partial charge in [-0.3, -0.25) is 4.90 Å². The third kappa shape index (κ3) is 2.34. The van der Waals surface area contributed by atoms with Crippen LogP contribution in [-0.4, -0.2) is 47.8 Å². The van der Waals surface area contributed by atoms with Gasteiger partial charge in [0.15, 0.2) is 0 Å². The smallest absolute Gasteiger partial charge is 0.0728 e. The van der Waals surface area contributed by atoms with Crippen molar-refractivity contribution >= 4 is 0 Å². The minimum atomic E-state index is 0.242. The zero-order valence-electron chi connectivity index (χ0n) is 12.9. The topological polar surface area (TPSA) is 24.5 Å². The van der Waals surface area contributed by atoms with Gasteiger partial charge < -0.3 is 10.1 Å². The van der Waals surface area contributed by atoms with Crippen molar-refractivity contribution in [3.8, 4) is 0 Å². The number of rotatable bonds is 1. The fourth-order valence-corrected chi connectivity index (χ4v) is 4.46. The summed E-state index contributed by atoms with van der Waals surface area (Å²) in [5.74, 6) is 0. The van der Waals surface area contributed by atoms with Crippen LogP contribution in [0.3, 0.4) is 0 Å². The lowest BCUT2D eigenvalue weighted by molar-refractivity contribution is -0.0452. The van der Waals surface area contributed by atoms with Crippen LogP contribution in [0.25, 0.3) is 0 Å². The Kier molecular flexibility index (Phi) is 3.65. The zero-order valence-corrected chi connectivity index (χ0v) is 12.9. The number of nitrogens with zero attached hydrogens (tertiary/aromatic N) is 1.